The summed E-state index contributed by atoms with van der Waals surface area (Å²) in [5, 5.41) is 8.45. The molecule has 1 aliphatic carbocycles. The number of nitrogens with one attached hydrogen (secondary N) is 4. The molecular formula is C30H38FN7O2. The molecule has 3 aliphatic heterocycles. The smallest absolute Gasteiger partial charge is 0.251 e. The minimum Gasteiger partial charge on any atom is -0.340 e. The zero-order valence-corrected chi connectivity index (χ0v) is 22.9. The van der Waals surface area contributed by atoms with E-state index in [1.54, 1.807) is 18.3 Å². The quantitative estimate of drug-likeness (QED) is 0.340. The van der Waals surface area contributed by atoms with Crippen molar-refractivity contribution in [3.05, 3.63) is 77.9 Å². The van der Waals surface area contributed by atoms with Crippen molar-refractivity contribution in [2.45, 2.75) is 62.2 Å². The summed E-state index contributed by atoms with van der Waals surface area (Å²) in [7, 11) is 2.15. The fourth-order valence-corrected chi connectivity index (χ4v) is 6.29. The van der Waals surface area contributed by atoms with Crippen LogP contribution in [0.4, 0.5) is 10.1 Å². The maximum absolute atomic E-state index is 13.7. The molecule has 40 heavy (non-hydrogen) atoms. The molecule has 2 amide bonds. The van der Waals surface area contributed by atoms with Crippen LogP contribution in [0, 0.1) is 5.82 Å². The summed E-state index contributed by atoms with van der Waals surface area (Å²) < 4.78 is 13.2. The highest BCUT2D eigenvalue weighted by Crippen LogP contribution is 2.40. The second-order valence-corrected chi connectivity index (χ2v) is 11.4. The van der Waals surface area contributed by atoms with E-state index in [4.69, 9.17) is 0 Å². The van der Waals surface area contributed by atoms with Gasteiger partial charge in [-0.15, -0.1) is 5.53 Å². The van der Waals surface area contributed by atoms with Gasteiger partial charge in [0.25, 0.3) is 5.91 Å². The van der Waals surface area contributed by atoms with Crippen LogP contribution in [-0.4, -0.2) is 72.5 Å². The third-order valence-corrected chi connectivity index (χ3v) is 8.83. The number of piperazine rings is 1. The molecule has 2 bridgehead atoms. The number of hydrogen-bond donors (Lipinski definition) is 4. The Morgan fingerprint density at radius 3 is 2.45 bits per heavy atom. The van der Waals surface area contributed by atoms with Crippen LogP contribution in [0.2, 0.25) is 0 Å². The first kappa shape index (κ1) is 26.7. The third kappa shape index (κ3) is 5.84. The number of hydrazine groups is 2. The molecule has 5 atom stereocenters. The first-order chi connectivity index (χ1) is 19.5. The van der Waals surface area contributed by atoms with Gasteiger partial charge in [-0.3, -0.25) is 19.5 Å². The summed E-state index contributed by atoms with van der Waals surface area (Å²) in [5.74, 6) is -0.0304. The molecule has 1 saturated carbocycles. The lowest BCUT2D eigenvalue weighted by Crippen LogP contribution is -2.58. The van der Waals surface area contributed by atoms with Crippen LogP contribution in [0.5, 0.6) is 0 Å². The van der Waals surface area contributed by atoms with Gasteiger partial charge in [0.1, 0.15) is 11.9 Å². The Balaban J connectivity index is 1.06. The Morgan fingerprint density at radius 2 is 1.77 bits per heavy atom. The van der Waals surface area contributed by atoms with E-state index in [2.05, 4.69) is 33.5 Å². The van der Waals surface area contributed by atoms with Crippen LogP contribution in [0.1, 0.15) is 53.9 Å². The number of halogens is 1. The summed E-state index contributed by atoms with van der Waals surface area (Å²) in [4.78, 5) is 31.4. The number of anilines is 1. The highest BCUT2D eigenvalue weighted by atomic mass is 19.1. The maximum Gasteiger partial charge on any atom is 0.251 e. The summed E-state index contributed by atoms with van der Waals surface area (Å²) in [6.07, 6.45) is 8.23. The van der Waals surface area contributed by atoms with E-state index in [1.807, 2.05) is 40.4 Å². The Hall–Kier alpha value is -3.47. The van der Waals surface area contributed by atoms with Crippen LogP contribution in [0.25, 0.3) is 0 Å². The zero-order valence-electron chi connectivity index (χ0n) is 22.9. The molecular weight excluding hydrogens is 509 g/mol. The van der Waals surface area contributed by atoms with E-state index in [0.29, 0.717) is 36.0 Å². The largest absolute Gasteiger partial charge is 0.340 e. The topological polar surface area (TPSA) is 92.0 Å². The maximum atomic E-state index is 13.7. The summed E-state index contributed by atoms with van der Waals surface area (Å²) in [6, 6.07) is 14.6. The van der Waals surface area contributed by atoms with Gasteiger partial charge in [0.15, 0.2) is 0 Å². The monoisotopic (exact) mass is 547 g/mol. The van der Waals surface area contributed by atoms with Crippen molar-refractivity contribution < 1.29 is 14.0 Å². The van der Waals surface area contributed by atoms with Crippen molar-refractivity contribution in [1.82, 2.24) is 31.4 Å². The summed E-state index contributed by atoms with van der Waals surface area (Å²) in [6.45, 7) is 2.20. The van der Waals surface area contributed by atoms with Gasteiger partial charge in [0, 0.05) is 55.1 Å². The van der Waals surface area contributed by atoms with Crippen molar-refractivity contribution in [2.75, 3.05) is 31.7 Å². The summed E-state index contributed by atoms with van der Waals surface area (Å²) >= 11 is 0. The van der Waals surface area contributed by atoms with Crippen molar-refractivity contribution in [1.29, 1.82) is 0 Å². The fourth-order valence-electron chi connectivity index (χ4n) is 6.29. The Bertz CT molecular complexity index is 1220. The molecule has 0 radical (unpaired) electrons. The van der Waals surface area contributed by atoms with E-state index < -0.39 is 6.04 Å². The highest BCUT2D eigenvalue weighted by molar-refractivity contribution is 5.97. The normalized spacial score (nSPS) is 26.1. The van der Waals surface area contributed by atoms with E-state index in [0.717, 1.165) is 56.6 Å². The number of carbonyl (C=O) groups excluding carboxylic acids is 2. The molecule has 3 fully saturated rings. The summed E-state index contributed by atoms with van der Waals surface area (Å²) in [5.41, 5.74) is 8.43. The molecule has 2 saturated heterocycles. The number of rotatable bonds is 10. The number of amides is 2. The predicted molar refractivity (Wildman–Crippen MR) is 152 cm³/mol. The van der Waals surface area contributed by atoms with Gasteiger partial charge in [0.05, 0.1) is 5.69 Å². The molecule has 0 spiro atoms. The van der Waals surface area contributed by atoms with Crippen molar-refractivity contribution in [2.24, 2.45) is 0 Å². The van der Waals surface area contributed by atoms with Gasteiger partial charge in [0.2, 0.25) is 5.91 Å². The molecule has 6 rings (SSSR count). The first-order valence-electron chi connectivity index (χ1n) is 14.3. The number of benzene rings is 2. The van der Waals surface area contributed by atoms with Crippen LogP contribution in [0.3, 0.4) is 0 Å². The van der Waals surface area contributed by atoms with Crippen molar-refractivity contribution >= 4 is 17.5 Å². The Morgan fingerprint density at radius 1 is 1.05 bits per heavy atom. The third-order valence-electron chi connectivity index (χ3n) is 8.83. The van der Waals surface area contributed by atoms with E-state index in [1.165, 1.54) is 12.1 Å². The second-order valence-electron chi connectivity index (χ2n) is 11.4. The highest BCUT2D eigenvalue weighted by Gasteiger charge is 2.41. The molecule has 2 aromatic rings. The van der Waals surface area contributed by atoms with Crippen molar-refractivity contribution in [3.8, 4) is 0 Å². The Kier molecular flexibility index (Phi) is 7.73. The predicted octanol–water partition coefficient (Wildman–Crippen LogP) is 2.46. The molecule has 0 aromatic heterocycles. The molecule has 2 aromatic carbocycles. The van der Waals surface area contributed by atoms with Gasteiger partial charge in [-0.05, 0) is 87.7 Å². The lowest BCUT2D eigenvalue weighted by atomic mass is 10.1. The van der Waals surface area contributed by atoms with Crippen LogP contribution < -0.4 is 26.6 Å². The minimum atomic E-state index is -0.573. The molecule has 212 valence electrons. The number of likely N-dealkylation sites (N-methyl/N-ethyl adjacent to an activating group) is 1. The molecule has 4 aliphatic rings. The average molecular weight is 548 g/mol. The number of fused-ring (bicyclic) bond motifs is 2. The fraction of sp³-hybridized carbons (Fsp3) is 0.467. The number of likely N-dealkylation sites (tertiary alicyclic amines) is 1. The van der Waals surface area contributed by atoms with E-state index in [9.17, 15) is 14.0 Å². The zero-order chi connectivity index (χ0) is 27.6. The van der Waals surface area contributed by atoms with Gasteiger partial charge in [-0.1, -0.05) is 12.1 Å². The molecule has 10 heteroatoms. The van der Waals surface area contributed by atoms with E-state index in [-0.39, 0.29) is 17.6 Å². The van der Waals surface area contributed by atoms with Crippen LogP contribution >= 0.6 is 0 Å². The SMILES string of the molecule is CN1C2CCC1CN(C(=O)[C@H](CCCN[C@@H]1C[C@H]1c1ccc(F)cc1)NC(=O)c1ccc(N3C=CNN3)cc1)C2. The lowest BCUT2D eigenvalue weighted by molar-refractivity contribution is -0.136. The van der Waals surface area contributed by atoms with Gasteiger partial charge in [-0.2, -0.15) is 0 Å². The molecule has 4 N–H and O–H groups in total. The van der Waals surface area contributed by atoms with Gasteiger partial charge in [-0.25, -0.2) is 4.39 Å². The number of nitrogens with zero attached hydrogens (tertiary/aromatic N) is 3. The van der Waals surface area contributed by atoms with Gasteiger partial charge >= 0.3 is 0 Å². The molecule has 3 heterocycles. The lowest BCUT2D eigenvalue weighted by Gasteiger charge is -2.40. The number of hydrogen-bond acceptors (Lipinski definition) is 7. The van der Waals surface area contributed by atoms with Gasteiger partial charge < -0.3 is 21.0 Å². The second kappa shape index (κ2) is 11.6. The van der Waals surface area contributed by atoms with Crippen LogP contribution in [0.15, 0.2) is 60.9 Å². The molecule has 9 nitrogen and oxygen atoms in total. The standard InChI is InChI=1S/C30H38FN7O2/c1-36-24-12-13-25(36)19-37(18-24)30(40)27(3-2-14-32-28-17-26(28)20-4-8-22(31)9-5-20)34-29(39)21-6-10-23(11-7-21)38-16-15-33-35-38/h4-11,15-16,24-28,32-33,35H,2-3,12-14,17-19H2,1H3,(H,34,39)/t24?,25?,26-,27-,28+/m0/s1. The van der Waals surface area contributed by atoms with Crippen LogP contribution in [-0.2, 0) is 4.79 Å². The average Bonchev–Trinajstić information content (AvgIpc) is 3.47. The Labute approximate surface area is 234 Å². The first-order valence-corrected chi connectivity index (χ1v) is 14.3. The number of carbonyl (C=O) groups is 2. The molecule has 2 unspecified atom stereocenters. The minimum absolute atomic E-state index is 0.0167. The van der Waals surface area contributed by atoms with Crippen molar-refractivity contribution in [3.63, 3.8) is 0 Å². The van der Waals surface area contributed by atoms with E-state index >= 15 is 0 Å².